The fraction of sp³-hybridized carbons (Fsp3) is 0.583. The third kappa shape index (κ3) is 7.18. The standard InChI is InChI=1S/C36H50ClN3O5SSi/c1-24-9-7-11-32(45-47(5,6)35(2,3)4)29-15-12-27(29)21-40-22-36(18-8-10-25-19-28(37)14-16-30(25)36)23-44-33-17-13-26(20-31(33)40)34(41)39-46(42,43)38-24/h7,11,13-14,16-17,19-20,24,27,29,32,38H,8-10,12,15,18,21-23H2,1-6H3,(H,39,41)/b11-7+/t24-,27-,29+,32-,36-/m0/s1. The molecule has 1 spiro atoms. The highest BCUT2D eigenvalue weighted by molar-refractivity contribution is 7.88. The molecule has 2 heterocycles. The molecule has 1 amide bonds. The number of carbonyl (C=O) groups is 1. The summed E-state index contributed by atoms with van der Waals surface area (Å²) < 4.78 is 44.6. The van der Waals surface area contributed by atoms with Gasteiger partial charge in [0.25, 0.3) is 5.91 Å². The van der Waals surface area contributed by atoms with Crippen molar-refractivity contribution >= 4 is 41.7 Å². The van der Waals surface area contributed by atoms with Crippen LogP contribution in [0.3, 0.4) is 0 Å². The van der Waals surface area contributed by atoms with E-state index in [2.05, 4.69) is 66.4 Å². The Kier molecular flexibility index (Phi) is 9.41. The average molecular weight is 700 g/mol. The molecule has 0 unspecified atom stereocenters. The molecule has 5 atom stereocenters. The van der Waals surface area contributed by atoms with Crippen LogP contribution in [0.5, 0.6) is 5.75 Å². The molecule has 0 radical (unpaired) electrons. The highest BCUT2D eigenvalue weighted by Crippen LogP contribution is 2.48. The minimum absolute atomic E-state index is 0.0532. The molecule has 1 saturated carbocycles. The number of hydrogen-bond donors (Lipinski definition) is 2. The monoisotopic (exact) mass is 699 g/mol. The van der Waals surface area contributed by atoms with Crippen molar-refractivity contribution in [3.63, 3.8) is 0 Å². The molecule has 2 aromatic carbocycles. The summed E-state index contributed by atoms with van der Waals surface area (Å²) in [5.41, 5.74) is 3.40. The zero-order valence-electron chi connectivity index (χ0n) is 28.6. The van der Waals surface area contributed by atoms with Crippen LogP contribution in [-0.4, -0.2) is 54.5 Å². The zero-order chi connectivity index (χ0) is 33.8. The molecular weight excluding hydrogens is 650 g/mol. The van der Waals surface area contributed by atoms with E-state index in [1.54, 1.807) is 19.1 Å². The highest BCUT2D eigenvalue weighted by Gasteiger charge is 2.46. The van der Waals surface area contributed by atoms with Crippen molar-refractivity contribution < 1.29 is 22.4 Å². The maximum absolute atomic E-state index is 13.3. The summed E-state index contributed by atoms with van der Waals surface area (Å²) in [7, 11) is -6.20. The van der Waals surface area contributed by atoms with Crippen molar-refractivity contribution in [1.82, 2.24) is 9.44 Å². The molecule has 1 fully saturated rings. The number of nitrogens with zero attached hydrogens (tertiary/aromatic N) is 1. The molecule has 6 rings (SSSR count). The predicted octanol–water partition coefficient (Wildman–Crippen LogP) is 7.14. The first-order chi connectivity index (χ1) is 22.1. The van der Waals surface area contributed by atoms with Crippen LogP contribution in [0.1, 0.15) is 81.3 Å². The van der Waals surface area contributed by atoms with Crippen molar-refractivity contribution in [2.75, 3.05) is 24.6 Å². The second-order valence-corrected chi connectivity index (χ2v) is 22.4. The minimum Gasteiger partial charge on any atom is -0.490 e. The van der Waals surface area contributed by atoms with Crippen molar-refractivity contribution in [3.8, 4) is 5.75 Å². The summed E-state index contributed by atoms with van der Waals surface area (Å²) in [6, 6.07) is 11.1. The number of hydrogen-bond acceptors (Lipinski definition) is 6. The molecule has 0 aromatic heterocycles. The zero-order valence-corrected chi connectivity index (χ0v) is 31.1. The number of ether oxygens (including phenoxy) is 1. The first kappa shape index (κ1) is 34.5. The smallest absolute Gasteiger partial charge is 0.301 e. The Labute approximate surface area is 286 Å². The van der Waals surface area contributed by atoms with E-state index >= 15 is 0 Å². The van der Waals surface area contributed by atoms with Gasteiger partial charge < -0.3 is 14.1 Å². The molecule has 2 aromatic rings. The third-order valence-corrected chi connectivity index (χ3v) is 17.2. The number of amides is 1. The van der Waals surface area contributed by atoms with Crippen LogP contribution in [0.15, 0.2) is 48.6 Å². The Balaban J connectivity index is 1.42. The SMILES string of the molecule is C[C@H]1C/C=C/[C@H](O[Si](C)(C)C(C)(C)C)[C@@H]2CC[C@H]2CN2C[C@@]3(CCCc4cc(Cl)ccc43)COc3ccc(cc32)C(=O)NS(=O)(=O)N1. The van der Waals surface area contributed by atoms with E-state index in [0.29, 0.717) is 30.6 Å². The number of fused-ring (bicyclic) bond motifs is 4. The van der Waals surface area contributed by atoms with E-state index in [9.17, 15) is 13.2 Å². The third-order valence-electron chi connectivity index (χ3n) is 11.3. The maximum atomic E-state index is 13.3. The number of nitrogens with one attached hydrogen (secondary N) is 2. The van der Waals surface area contributed by atoms with E-state index in [0.717, 1.165) is 55.9 Å². The fourth-order valence-electron chi connectivity index (χ4n) is 7.52. The van der Waals surface area contributed by atoms with Gasteiger partial charge in [0.15, 0.2) is 8.32 Å². The van der Waals surface area contributed by atoms with Gasteiger partial charge in [0.2, 0.25) is 0 Å². The number of benzene rings is 2. The lowest BCUT2D eigenvalue weighted by molar-refractivity contribution is 0.0524. The Bertz CT molecular complexity index is 1660. The van der Waals surface area contributed by atoms with Gasteiger partial charge in [0, 0.05) is 35.1 Å². The summed E-state index contributed by atoms with van der Waals surface area (Å²) in [6.07, 6.45) is 9.82. The van der Waals surface area contributed by atoms with Crippen LogP contribution in [0.4, 0.5) is 5.69 Å². The van der Waals surface area contributed by atoms with Crippen LogP contribution in [0.25, 0.3) is 0 Å². The highest BCUT2D eigenvalue weighted by atomic mass is 35.5. The average Bonchev–Trinajstić information content (AvgIpc) is 3.10. The second-order valence-electron chi connectivity index (χ2n) is 15.7. The van der Waals surface area contributed by atoms with Gasteiger partial charge in [-0.2, -0.15) is 13.1 Å². The number of anilines is 1. The molecule has 0 saturated heterocycles. The van der Waals surface area contributed by atoms with E-state index in [1.807, 2.05) is 18.2 Å². The van der Waals surface area contributed by atoms with Crippen LogP contribution in [0.2, 0.25) is 23.2 Å². The Hall–Kier alpha value is -2.37. The van der Waals surface area contributed by atoms with Crippen molar-refractivity contribution in [3.05, 3.63) is 70.3 Å². The largest absolute Gasteiger partial charge is 0.490 e. The topological polar surface area (TPSA) is 97.0 Å². The van der Waals surface area contributed by atoms with Gasteiger partial charge in [-0.15, -0.1) is 0 Å². The lowest BCUT2D eigenvalue weighted by Gasteiger charge is -2.48. The van der Waals surface area contributed by atoms with Gasteiger partial charge in [-0.05, 0) is 117 Å². The van der Waals surface area contributed by atoms with Crippen molar-refractivity contribution in [2.45, 2.75) is 102 Å². The predicted molar refractivity (Wildman–Crippen MR) is 191 cm³/mol. The molecule has 2 aliphatic heterocycles. The van der Waals surface area contributed by atoms with Gasteiger partial charge in [0.05, 0.1) is 18.4 Å². The van der Waals surface area contributed by atoms with Gasteiger partial charge in [-0.25, -0.2) is 4.72 Å². The van der Waals surface area contributed by atoms with Gasteiger partial charge in [0.1, 0.15) is 5.75 Å². The number of rotatable bonds is 2. The van der Waals surface area contributed by atoms with Gasteiger partial charge in [-0.1, -0.05) is 50.6 Å². The Morgan fingerprint density at radius 2 is 1.91 bits per heavy atom. The Morgan fingerprint density at radius 3 is 2.64 bits per heavy atom. The van der Waals surface area contributed by atoms with E-state index < -0.39 is 30.5 Å². The fourth-order valence-corrected chi connectivity index (χ4v) is 10.0. The molecule has 2 aliphatic carbocycles. The van der Waals surface area contributed by atoms with Gasteiger partial charge >= 0.3 is 10.2 Å². The molecule has 4 aliphatic rings. The Morgan fingerprint density at radius 1 is 1.13 bits per heavy atom. The van der Waals surface area contributed by atoms with Crippen LogP contribution in [0, 0.1) is 11.8 Å². The van der Waals surface area contributed by atoms with Crippen LogP contribution in [-0.2, 0) is 26.5 Å². The molecule has 8 nitrogen and oxygen atoms in total. The van der Waals surface area contributed by atoms with E-state index in [-0.39, 0.29) is 22.1 Å². The molecular formula is C36H50ClN3O5SSi. The van der Waals surface area contributed by atoms with Crippen molar-refractivity contribution in [2.24, 2.45) is 11.8 Å². The normalized spacial score (nSPS) is 30.2. The summed E-state index contributed by atoms with van der Waals surface area (Å²) in [4.78, 5) is 15.8. The molecule has 2 bridgehead atoms. The van der Waals surface area contributed by atoms with Crippen molar-refractivity contribution in [1.29, 1.82) is 0 Å². The number of aryl methyl sites for hydroxylation is 1. The first-order valence-electron chi connectivity index (χ1n) is 17.1. The summed E-state index contributed by atoms with van der Waals surface area (Å²) in [5, 5.41) is 0.800. The van der Waals surface area contributed by atoms with E-state index in [1.165, 1.54) is 11.1 Å². The lowest BCUT2D eigenvalue weighted by atomic mass is 9.68. The number of halogens is 1. The van der Waals surface area contributed by atoms with Crippen LogP contribution >= 0.6 is 11.6 Å². The van der Waals surface area contributed by atoms with Crippen LogP contribution < -0.4 is 19.1 Å². The molecule has 2 N–H and O–H groups in total. The second kappa shape index (κ2) is 12.8. The quantitative estimate of drug-likeness (QED) is 0.256. The summed E-state index contributed by atoms with van der Waals surface area (Å²) in [5.74, 6) is 0.746. The molecule has 256 valence electrons. The minimum atomic E-state index is -4.09. The maximum Gasteiger partial charge on any atom is 0.301 e. The molecule has 47 heavy (non-hydrogen) atoms. The lowest BCUT2D eigenvalue weighted by Crippen LogP contribution is -2.52. The summed E-state index contributed by atoms with van der Waals surface area (Å²) in [6.45, 7) is 15.2. The molecule has 11 heteroatoms. The van der Waals surface area contributed by atoms with Gasteiger partial charge in [-0.3, -0.25) is 4.79 Å². The van der Waals surface area contributed by atoms with E-state index in [4.69, 9.17) is 20.8 Å². The first-order valence-corrected chi connectivity index (χ1v) is 21.8. The summed E-state index contributed by atoms with van der Waals surface area (Å²) >= 11 is 6.45. The number of carbonyl (C=O) groups excluding carboxylic acids is 1.